The molecule has 1 N–H and O–H groups in total. The van der Waals surface area contributed by atoms with Crippen molar-refractivity contribution in [3.05, 3.63) is 56.2 Å². The number of hydrazone groups is 1. The lowest BCUT2D eigenvalue weighted by Gasteiger charge is -2.20. The Morgan fingerprint density at radius 1 is 1.16 bits per heavy atom. The molecule has 8 nitrogen and oxygen atoms in total. The molecule has 0 radical (unpaired) electrons. The van der Waals surface area contributed by atoms with Crippen molar-refractivity contribution in [2.24, 2.45) is 10.1 Å². The van der Waals surface area contributed by atoms with Gasteiger partial charge >= 0.3 is 0 Å². The zero-order chi connectivity index (χ0) is 27.4. The van der Waals surface area contributed by atoms with Crippen LogP contribution in [0.4, 0.5) is 0 Å². The zero-order valence-electron chi connectivity index (χ0n) is 22.1. The summed E-state index contributed by atoms with van der Waals surface area (Å²) in [4.78, 5) is 16.9. The van der Waals surface area contributed by atoms with Gasteiger partial charge in [-0.1, -0.05) is 32.9 Å². The van der Waals surface area contributed by atoms with E-state index < -0.39 is 5.91 Å². The third-order valence-electron chi connectivity index (χ3n) is 5.90. The molecular formula is C28H31IN4O4S. The van der Waals surface area contributed by atoms with Crippen LogP contribution in [-0.4, -0.2) is 47.3 Å². The number of fused-ring (bicyclic) bond motifs is 1. The van der Waals surface area contributed by atoms with Crippen molar-refractivity contribution < 1.29 is 19.0 Å². The van der Waals surface area contributed by atoms with Gasteiger partial charge in [0, 0.05) is 0 Å². The normalized spacial score (nSPS) is 16.1. The van der Waals surface area contributed by atoms with E-state index in [0.717, 1.165) is 32.8 Å². The second kappa shape index (κ2) is 12.3. The highest BCUT2D eigenvalue weighted by Gasteiger charge is 2.35. The van der Waals surface area contributed by atoms with Gasteiger partial charge < -0.3 is 14.2 Å². The van der Waals surface area contributed by atoms with Gasteiger partial charge in [0.2, 0.25) is 5.17 Å². The minimum Gasteiger partial charge on any atom is -0.493 e. The maximum atomic E-state index is 12.7. The van der Waals surface area contributed by atoms with Crippen LogP contribution >= 0.6 is 34.4 Å². The molecule has 0 fully saturated rings. The molecule has 2 aromatic carbocycles. The Bertz CT molecular complexity index is 1350. The van der Waals surface area contributed by atoms with Crippen molar-refractivity contribution in [1.29, 1.82) is 5.41 Å². The zero-order valence-corrected chi connectivity index (χ0v) is 25.1. The van der Waals surface area contributed by atoms with Crippen molar-refractivity contribution >= 4 is 62.4 Å². The first-order chi connectivity index (χ1) is 18.2. The minimum absolute atomic E-state index is 0.0157. The molecule has 38 heavy (non-hydrogen) atoms. The summed E-state index contributed by atoms with van der Waals surface area (Å²) in [6, 6.07) is 9.92. The van der Waals surface area contributed by atoms with Gasteiger partial charge in [-0.3, -0.25) is 10.2 Å². The van der Waals surface area contributed by atoms with Crippen LogP contribution in [0.5, 0.6) is 17.2 Å². The summed E-state index contributed by atoms with van der Waals surface area (Å²) in [5.74, 6) is 1.93. The molecule has 4 rings (SSSR count). The molecule has 0 spiro atoms. The third-order valence-corrected chi connectivity index (χ3v) is 7.67. The highest BCUT2D eigenvalue weighted by Crippen LogP contribution is 2.36. The first-order valence-electron chi connectivity index (χ1n) is 12.4. The molecule has 0 atom stereocenters. The van der Waals surface area contributed by atoms with Gasteiger partial charge in [-0.2, -0.15) is 15.1 Å². The largest absolute Gasteiger partial charge is 0.493 e. The number of amidine groups is 2. The minimum atomic E-state index is -0.454. The van der Waals surface area contributed by atoms with Crippen LogP contribution in [0.1, 0.15) is 56.2 Å². The molecule has 2 aromatic rings. The van der Waals surface area contributed by atoms with Crippen LogP contribution in [-0.2, 0) is 4.79 Å². The van der Waals surface area contributed by atoms with E-state index in [-0.39, 0.29) is 11.4 Å². The Kier molecular flexibility index (Phi) is 9.14. The Labute approximate surface area is 241 Å². The van der Waals surface area contributed by atoms with Gasteiger partial charge in [0.25, 0.3) is 5.91 Å². The average Bonchev–Trinajstić information content (AvgIpc) is 3.27. The van der Waals surface area contributed by atoms with Crippen molar-refractivity contribution in [3.63, 3.8) is 0 Å². The summed E-state index contributed by atoms with van der Waals surface area (Å²) in [5, 5.41) is 15.8. The van der Waals surface area contributed by atoms with E-state index in [1.807, 2.05) is 13.0 Å². The van der Waals surface area contributed by atoms with E-state index in [1.54, 1.807) is 19.3 Å². The topological polar surface area (TPSA) is 96.6 Å². The summed E-state index contributed by atoms with van der Waals surface area (Å²) in [6.07, 6.45) is 3.36. The van der Waals surface area contributed by atoms with Crippen LogP contribution in [0.2, 0.25) is 0 Å². The fourth-order valence-corrected chi connectivity index (χ4v) is 5.78. The van der Waals surface area contributed by atoms with Crippen molar-refractivity contribution in [2.75, 3.05) is 20.3 Å². The summed E-state index contributed by atoms with van der Waals surface area (Å²) in [5.41, 5.74) is 3.19. The predicted molar refractivity (Wildman–Crippen MR) is 162 cm³/mol. The molecule has 0 aromatic heterocycles. The fraction of sp³-hybridized carbons (Fsp3) is 0.357. The molecule has 0 unspecified atom stereocenters. The quantitative estimate of drug-likeness (QED) is 0.177. The Balaban J connectivity index is 1.48. The first-order valence-corrected chi connectivity index (χ1v) is 14.3. The standard InChI is InChI=1S/C28H31IN4O4S/c1-6-7-24-32-33-26(30)20(27(34)31-28(33)38-24)13-18-14-21(29)25(23(15-18)35-5)37-11-10-36-22-12-17(4)8-9-19(22)16(2)3/h8-9,12-16,30H,6-7,10-11H2,1-5H3/b20-13-,30-26?. The monoisotopic (exact) mass is 646 g/mol. The van der Waals surface area contributed by atoms with E-state index in [2.05, 4.69) is 71.7 Å². The van der Waals surface area contributed by atoms with Gasteiger partial charge in [-0.15, -0.1) is 0 Å². The average molecular weight is 647 g/mol. The highest BCUT2D eigenvalue weighted by atomic mass is 127. The molecule has 200 valence electrons. The number of halogens is 1. The number of nitrogens with one attached hydrogen (secondary N) is 1. The molecule has 0 aliphatic carbocycles. The lowest BCUT2D eigenvalue weighted by Crippen LogP contribution is -2.35. The SMILES string of the molecule is CCCC1=NN2C(=N)/C(=C/c3cc(I)c(OCCOc4cc(C)ccc4C(C)C)c(OC)c3)C(=O)N=C2S1. The number of aryl methyl sites for hydroxylation is 1. The molecule has 0 saturated carbocycles. The van der Waals surface area contributed by atoms with E-state index >= 15 is 0 Å². The van der Waals surface area contributed by atoms with E-state index in [0.29, 0.717) is 41.4 Å². The van der Waals surface area contributed by atoms with Gasteiger partial charge in [-0.25, -0.2) is 0 Å². The number of rotatable bonds is 10. The van der Waals surface area contributed by atoms with Gasteiger partial charge in [-0.05, 0) is 101 Å². The van der Waals surface area contributed by atoms with Crippen molar-refractivity contribution in [3.8, 4) is 17.2 Å². The Morgan fingerprint density at radius 3 is 2.63 bits per heavy atom. The number of aliphatic imine (C=N–C) groups is 1. The molecule has 10 heteroatoms. The molecule has 2 heterocycles. The Morgan fingerprint density at radius 2 is 1.92 bits per heavy atom. The smallest absolute Gasteiger partial charge is 0.283 e. The van der Waals surface area contributed by atoms with Crippen LogP contribution < -0.4 is 14.2 Å². The number of thioether (sulfide) groups is 1. The lowest BCUT2D eigenvalue weighted by atomic mass is 10.0. The van der Waals surface area contributed by atoms with Crippen LogP contribution in [0, 0.1) is 15.9 Å². The molecule has 0 bridgehead atoms. The number of carbonyl (C=O) groups is 1. The number of methoxy groups -OCH3 is 1. The lowest BCUT2D eigenvalue weighted by molar-refractivity contribution is -0.114. The maximum absolute atomic E-state index is 12.7. The number of benzene rings is 2. The van der Waals surface area contributed by atoms with Crippen LogP contribution in [0.3, 0.4) is 0 Å². The summed E-state index contributed by atoms with van der Waals surface area (Å²) in [6.45, 7) is 9.12. The van der Waals surface area contributed by atoms with E-state index in [4.69, 9.17) is 19.6 Å². The molecule has 2 aliphatic heterocycles. The van der Waals surface area contributed by atoms with Crippen molar-refractivity contribution in [1.82, 2.24) is 5.01 Å². The number of ether oxygens (including phenoxy) is 3. The van der Waals surface area contributed by atoms with E-state index in [1.165, 1.54) is 22.3 Å². The van der Waals surface area contributed by atoms with Gasteiger partial charge in [0.15, 0.2) is 17.3 Å². The van der Waals surface area contributed by atoms with E-state index in [9.17, 15) is 4.79 Å². The molecule has 1 amide bonds. The van der Waals surface area contributed by atoms with Crippen LogP contribution in [0.25, 0.3) is 6.08 Å². The number of hydrogen-bond acceptors (Lipinski definition) is 7. The van der Waals surface area contributed by atoms with Crippen molar-refractivity contribution in [2.45, 2.75) is 46.5 Å². The van der Waals surface area contributed by atoms with Crippen LogP contribution in [0.15, 0.2) is 46.0 Å². The third kappa shape index (κ3) is 6.23. The molecule has 0 saturated heterocycles. The second-order valence-corrected chi connectivity index (χ2v) is 11.4. The maximum Gasteiger partial charge on any atom is 0.283 e. The number of carbonyl (C=O) groups excluding carboxylic acids is 1. The molecular weight excluding hydrogens is 615 g/mol. The first kappa shape index (κ1) is 28.2. The fourth-order valence-electron chi connectivity index (χ4n) is 4.02. The number of amides is 1. The number of hydrogen-bond donors (Lipinski definition) is 1. The predicted octanol–water partition coefficient (Wildman–Crippen LogP) is 6.61. The second-order valence-electron chi connectivity index (χ2n) is 9.19. The summed E-state index contributed by atoms with van der Waals surface area (Å²) >= 11 is 3.53. The molecule has 2 aliphatic rings. The Hall–Kier alpha value is -2.86. The van der Waals surface area contributed by atoms with Gasteiger partial charge in [0.05, 0.1) is 16.3 Å². The van der Waals surface area contributed by atoms with Gasteiger partial charge in [0.1, 0.15) is 24.0 Å². The highest BCUT2D eigenvalue weighted by molar-refractivity contribution is 14.1. The number of nitrogens with zero attached hydrogens (tertiary/aromatic N) is 3. The summed E-state index contributed by atoms with van der Waals surface area (Å²) in [7, 11) is 1.57. The summed E-state index contributed by atoms with van der Waals surface area (Å²) < 4.78 is 18.5.